The molecular formula is C28H24N4O2. The van der Waals surface area contributed by atoms with E-state index >= 15 is 0 Å². The predicted octanol–water partition coefficient (Wildman–Crippen LogP) is 5.97. The highest BCUT2D eigenvalue weighted by Crippen LogP contribution is 2.26. The van der Waals surface area contributed by atoms with Crippen molar-refractivity contribution >= 4 is 16.7 Å². The lowest BCUT2D eigenvalue weighted by Crippen LogP contribution is -2.08. The predicted molar refractivity (Wildman–Crippen MR) is 136 cm³/mol. The molecule has 3 aromatic carbocycles. The molecule has 2 heterocycles. The summed E-state index contributed by atoms with van der Waals surface area (Å²) in [6.45, 7) is 4.91. The highest BCUT2D eigenvalue weighted by molar-refractivity contribution is 5.83. The molecule has 0 aliphatic carbocycles. The van der Waals surface area contributed by atoms with Gasteiger partial charge in [0.1, 0.15) is 11.1 Å². The van der Waals surface area contributed by atoms with E-state index in [-0.39, 0.29) is 5.82 Å². The number of fused-ring (bicyclic) bond motifs is 1. The van der Waals surface area contributed by atoms with Crippen molar-refractivity contribution in [2.45, 2.75) is 20.3 Å². The first-order valence-electron chi connectivity index (χ1n) is 11.4. The summed E-state index contributed by atoms with van der Waals surface area (Å²) < 4.78 is 5.66. The molecular weight excluding hydrogens is 424 g/mol. The molecule has 0 spiro atoms. The van der Waals surface area contributed by atoms with E-state index in [0.29, 0.717) is 22.8 Å². The van der Waals surface area contributed by atoms with E-state index in [4.69, 9.17) is 9.40 Å². The van der Waals surface area contributed by atoms with Crippen LogP contribution in [-0.2, 0) is 6.42 Å². The summed E-state index contributed by atoms with van der Waals surface area (Å²) in [5.41, 5.74) is 4.16. The Morgan fingerprint density at radius 2 is 1.44 bits per heavy atom. The molecule has 34 heavy (non-hydrogen) atoms. The van der Waals surface area contributed by atoms with Crippen molar-refractivity contribution in [2.75, 3.05) is 11.9 Å². The summed E-state index contributed by atoms with van der Waals surface area (Å²) in [6.07, 6.45) is 0.950. The monoisotopic (exact) mass is 448 g/mol. The van der Waals surface area contributed by atoms with Crippen LogP contribution < -0.4 is 10.9 Å². The second kappa shape index (κ2) is 9.27. The fourth-order valence-corrected chi connectivity index (χ4v) is 3.81. The molecule has 0 saturated carbocycles. The van der Waals surface area contributed by atoms with Gasteiger partial charge >= 0.3 is 5.63 Å². The third-order valence-corrected chi connectivity index (χ3v) is 5.65. The zero-order valence-corrected chi connectivity index (χ0v) is 19.1. The van der Waals surface area contributed by atoms with Crippen molar-refractivity contribution in [3.63, 3.8) is 0 Å². The van der Waals surface area contributed by atoms with Crippen molar-refractivity contribution in [1.82, 2.24) is 15.0 Å². The third kappa shape index (κ3) is 4.30. The minimum absolute atomic E-state index is 0.287. The van der Waals surface area contributed by atoms with Crippen LogP contribution in [0.5, 0.6) is 0 Å². The minimum Gasteiger partial charge on any atom is -0.422 e. The summed E-state index contributed by atoms with van der Waals surface area (Å²) in [4.78, 5) is 27.0. The van der Waals surface area contributed by atoms with Crippen molar-refractivity contribution < 1.29 is 4.42 Å². The average Bonchev–Trinajstić information content (AvgIpc) is 2.89. The Hall–Kier alpha value is -4.32. The Balaban J connectivity index is 1.68. The second-order valence-corrected chi connectivity index (χ2v) is 7.95. The summed E-state index contributed by atoms with van der Waals surface area (Å²) in [5, 5.41) is 4.03. The van der Waals surface area contributed by atoms with Gasteiger partial charge in [0, 0.05) is 34.8 Å². The van der Waals surface area contributed by atoms with Gasteiger partial charge in [-0.25, -0.2) is 19.7 Å². The van der Waals surface area contributed by atoms with E-state index in [9.17, 15) is 4.79 Å². The molecule has 0 unspecified atom stereocenters. The highest BCUT2D eigenvalue weighted by atomic mass is 16.4. The van der Waals surface area contributed by atoms with Gasteiger partial charge in [-0.3, -0.25) is 0 Å². The van der Waals surface area contributed by atoms with E-state index < -0.39 is 5.63 Å². The number of hydrogen-bond acceptors (Lipinski definition) is 6. The van der Waals surface area contributed by atoms with Crippen molar-refractivity contribution in [1.29, 1.82) is 0 Å². The molecule has 0 saturated heterocycles. The molecule has 0 bridgehead atoms. The first kappa shape index (κ1) is 21.5. The van der Waals surface area contributed by atoms with Gasteiger partial charge in [0.2, 0.25) is 0 Å². The maximum absolute atomic E-state index is 13.0. The zero-order chi connectivity index (χ0) is 23.5. The quantitative estimate of drug-likeness (QED) is 0.322. The molecule has 5 aromatic rings. The van der Waals surface area contributed by atoms with E-state index in [1.165, 1.54) is 5.56 Å². The van der Waals surface area contributed by atoms with Gasteiger partial charge in [0.25, 0.3) is 0 Å². The zero-order valence-electron chi connectivity index (χ0n) is 19.1. The second-order valence-electron chi connectivity index (χ2n) is 7.95. The van der Waals surface area contributed by atoms with Gasteiger partial charge in [0.15, 0.2) is 17.5 Å². The van der Waals surface area contributed by atoms with Gasteiger partial charge in [-0.15, -0.1) is 0 Å². The number of nitrogens with zero attached hydrogens (tertiary/aromatic N) is 3. The van der Waals surface area contributed by atoms with Gasteiger partial charge in [-0.1, -0.05) is 61.5 Å². The Morgan fingerprint density at radius 3 is 2.12 bits per heavy atom. The highest BCUT2D eigenvalue weighted by Gasteiger charge is 2.16. The van der Waals surface area contributed by atoms with Crippen LogP contribution in [0.1, 0.15) is 19.4 Å². The van der Waals surface area contributed by atoms with Crippen LogP contribution in [-0.4, -0.2) is 21.5 Å². The smallest absolute Gasteiger partial charge is 0.347 e. The summed E-state index contributed by atoms with van der Waals surface area (Å²) in [7, 11) is 0. The van der Waals surface area contributed by atoms with Crippen LogP contribution in [0.15, 0.2) is 88.1 Å². The SMILES string of the molecule is CCNc1ccc2cc(-c3nc(-c4ccccc4)nc(-c4ccc(CC)cc4)n3)c(=O)oc2c1. The van der Waals surface area contributed by atoms with Crippen LogP contribution in [0, 0.1) is 0 Å². The van der Waals surface area contributed by atoms with Gasteiger partial charge < -0.3 is 9.73 Å². The normalized spacial score (nSPS) is 11.0. The standard InChI is InChI=1S/C28H24N4O2/c1-3-18-10-12-20(13-11-18)26-30-25(19-8-6-5-7-9-19)31-27(32-26)23-16-21-14-15-22(29-4-2)17-24(21)34-28(23)33/h5-17,29H,3-4H2,1-2H3. The van der Waals surface area contributed by atoms with Crippen LogP contribution in [0.2, 0.25) is 0 Å². The minimum atomic E-state index is -0.487. The number of rotatable bonds is 6. The molecule has 0 amide bonds. The molecule has 0 aliphatic rings. The lowest BCUT2D eigenvalue weighted by atomic mass is 10.1. The lowest BCUT2D eigenvalue weighted by molar-refractivity contribution is 0.563. The number of anilines is 1. The average molecular weight is 449 g/mol. The van der Waals surface area contributed by atoms with Crippen LogP contribution in [0.25, 0.3) is 45.1 Å². The molecule has 6 nitrogen and oxygen atoms in total. The fraction of sp³-hybridized carbons (Fsp3) is 0.143. The van der Waals surface area contributed by atoms with Gasteiger partial charge in [-0.05, 0) is 37.1 Å². The van der Waals surface area contributed by atoms with Gasteiger partial charge in [-0.2, -0.15) is 0 Å². The van der Waals surface area contributed by atoms with E-state index in [1.807, 2.05) is 67.6 Å². The Bertz CT molecular complexity index is 1510. The molecule has 0 fully saturated rings. The topological polar surface area (TPSA) is 80.9 Å². The number of benzene rings is 3. The van der Waals surface area contributed by atoms with E-state index in [2.05, 4.69) is 34.3 Å². The first-order valence-corrected chi connectivity index (χ1v) is 11.4. The maximum Gasteiger partial charge on any atom is 0.347 e. The molecule has 0 aliphatic heterocycles. The first-order chi connectivity index (χ1) is 16.6. The van der Waals surface area contributed by atoms with E-state index in [0.717, 1.165) is 35.2 Å². The molecule has 0 radical (unpaired) electrons. The Labute approximate surface area is 197 Å². The van der Waals surface area contributed by atoms with Crippen LogP contribution in [0.3, 0.4) is 0 Å². The van der Waals surface area contributed by atoms with E-state index in [1.54, 1.807) is 6.07 Å². The largest absolute Gasteiger partial charge is 0.422 e. The number of aryl methyl sites for hydroxylation is 1. The summed E-state index contributed by atoms with van der Waals surface area (Å²) in [6, 6.07) is 25.3. The summed E-state index contributed by atoms with van der Waals surface area (Å²) in [5.74, 6) is 1.30. The Morgan fingerprint density at radius 1 is 0.765 bits per heavy atom. The molecule has 168 valence electrons. The van der Waals surface area contributed by atoms with Crippen LogP contribution in [0.4, 0.5) is 5.69 Å². The molecule has 6 heteroatoms. The molecule has 2 aromatic heterocycles. The molecule has 5 rings (SSSR count). The third-order valence-electron chi connectivity index (χ3n) is 5.65. The van der Waals surface area contributed by atoms with Crippen molar-refractivity contribution in [3.8, 4) is 34.2 Å². The fourth-order valence-electron chi connectivity index (χ4n) is 3.81. The molecule has 1 N–H and O–H groups in total. The number of aromatic nitrogens is 3. The van der Waals surface area contributed by atoms with Crippen molar-refractivity contribution in [3.05, 3.63) is 94.8 Å². The lowest BCUT2D eigenvalue weighted by Gasteiger charge is -2.09. The van der Waals surface area contributed by atoms with Crippen LogP contribution >= 0.6 is 0 Å². The Kier molecular flexibility index (Phi) is 5.87. The van der Waals surface area contributed by atoms with Crippen molar-refractivity contribution in [2.24, 2.45) is 0 Å². The van der Waals surface area contributed by atoms with Gasteiger partial charge in [0.05, 0.1) is 0 Å². The summed E-state index contributed by atoms with van der Waals surface area (Å²) >= 11 is 0. The molecule has 0 atom stereocenters. The maximum atomic E-state index is 13.0. The number of nitrogens with one attached hydrogen (secondary N) is 1. The number of hydrogen-bond donors (Lipinski definition) is 1.